The average molecular weight is 317 g/mol. The molecule has 0 aliphatic carbocycles. The van der Waals surface area contributed by atoms with E-state index in [1.54, 1.807) is 0 Å². The number of amides is 1. The zero-order valence-electron chi connectivity index (χ0n) is 13.5. The van der Waals surface area contributed by atoms with Crippen LogP contribution in [0.25, 0.3) is 0 Å². The van der Waals surface area contributed by atoms with Crippen LogP contribution in [0, 0.1) is 0 Å². The number of benzene rings is 1. The predicted molar refractivity (Wildman–Crippen MR) is 86.2 cm³/mol. The molecule has 2 aromatic rings. The highest BCUT2D eigenvalue weighted by atomic mass is 16.5. The van der Waals surface area contributed by atoms with Crippen molar-refractivity contribution in [1.82, 2.24) is 15.5 Å². The maximum absolute atomic E-state index is 11.7. The van der Waals surface area contributed by atoms with Crippen LogP contribution in [-0.4, -0.2) is 29.2 Å². The van der Waals surface area contributed by atoms with E-state index in [1.165, 1.54) is 0 Å². The fraction of sp³-hybridized carbons (Fsp3) is 0.471. The quantitative estimate of drug-likeness (QED) is 0.681. The number of rotatable bonds is 10. The Morgan fingerprint density at radius 3 is 2.87 bits per heavy atom. The van der Waals surface area contributed by atoms with Crippen molar-refractivity contribution in [3.8, 4) is 5.75 Å². The monoisotopic (exact) mass is 317 g/mol. The first kappa shape index (κ1) is 17.0. The van der Waals surface area contributed by atoms with Gasteiger partial charge < -0.3 is 14.6 Å². The summed E-state index contributed by atoms with van der Waals surface area (Å²) in [7, 11) is 0. The van der Waals surface area contributed by atoms with Crippen LogP contribution in [0.3, 0.4) is 0 Å². The molecule has 0 aliphatic heterocycles. The summed E-state index contributed by atoms with van der Waals surface area (Å²) in [6, 6.07) is 9.54. The average Bonchev–Trinajstić information content (AvgIpc) is 3.00. The molecular weight excluding hydrogens is 294 g/mol. The van der Waals surface area contributed by atoms with E-state index in [0.717, 1.165) is 24.4 Å². The van der Waals surface area contributed by atoms with Crippen LogP contribution < -0.4 is 10.1 Å². The van der Waals surface area contributed by atoms with Crippen molar-refractivity contribution in [3.63, 3.8) is 0 Å². The van der Waals surface area contributed by atoms with Crippen molar-refractivity contribution in [2.45, 2.75) is 39.0 Å². The molecule has 6 heteroatoms. The van der Waals surface area contributed by atoms with Gasteiger partial charge in [-0.05, 0) is 25.0 Å². The number of hydrogen-bond acceptors (Lipinski definition) is 5. The van der Waals surface area contributed by atoms with Gasteiger partial charge in [-0.15, -0.1) is 0 Å². The van der Waals surface area contributed by atoms with Crippen molar-refractivity contribution < 1.29 is 14.1 Å². The van der Waals surface area contributed by atoms with Gasteiger partial charge in [0.2, 0.25) is 11.8 Å². The third-order valence-electron chi connectivity index (χ3n) is 3.21. The van der Waals surface area contributed by atoms with E-state index in [2.05, 4.69) is 22.4 Å². The van der Waals surface area contributed by atoms with Gasteiger partial charge in [0.25, 0.3) is 0 Å². The summed E-state index contributed by atoms with van der Waals surface area (Å²) in [5.74, 6) is 2.16. The van der Waals surface area contributed by atoms with Gasteiger partial charge in [0.15, 0.2) is 5.82 Å². The van der Waals surface area contributed by atoms with E-state index >= 15 is 0 Å². The molecule has 1 heterocycles. The number of hydrogen-bond donors (Lipinski definition) is 1. The van der Waals surface area contributed by atoms with Crippen molar-refractivity contribution in [1.29, 1.82) is 0 Å². The summed E-state index contributed by atoms with van der Waals surface area (Å²) in [6.45, 7) is 3.02. The summed E-state index contributed by atoms with van der Waals surface area (Å²) in [5, 5.41) is 6.72. The summed E-state index contributed by atoms with van der Waals surface area (Å²) in [6.07, 6.45) is 3.58. The van der Waals surface area contributed by atoms with Gasteiger partial charge in [-0.2, -0.15) is 4.98 Å². The third kappa shape index (κ3) is 6.50. The lowest BCUT2D eigenvalue weighted by molar-refractivity contribution is -0.121. The number of aromatic nitrogens is 2. The van der Waals surface area contributed by atoms with Gasteiger partial charge in [0.1, 0.15) is 12.4 Å². The number of carbonyl (C=O) groups excluding carboxylic acids is 1. The van der Waals surface area contributed by atoms with Gasteiger partial charge in [-0.3, -0.25) is 4.79 Å². The number of carbonyl (C=O) groups is 1. The number of ether oxygens (including phenoxy) is 1. The number of nitrogens with zero attached hydrogens (tertiary/aromatic N) is 2. The summed E-state index contributed by atoms with van der Waals surface area (Å²) in [5.41, 5.74) is 0. The van der Waals surface area contributed by atoms with Crippen molar-refractivity contribution >= 4 is 5.91 Å². The van der Waals surface area contributed by atoms with E-state index < -0.39 is 0 Å². The highest BCUT2D eigenvalue weighted by molar-refractivity contribution is 5.75. The van der Waals surface area contributed by atoms with Gasteiger partial charge in [-0.25, -0.2) is 0 Å². The minimum absolute atomic E-state index is 0.00922. The second-order valence-electron chi connectivity index (χ2n) is 5.22. The molecule has 1 aromatic heterocycles. The fourth-order valence-corrected chi connectivity index (χ4v) is 2.08. The Hall–Kier alpha value is -2.37. The molecule has 0 saturated carbocycles. The number of para-hydroxylation sites is 1. The van der Waals surface area contributed by atoms with Crippen LogP contribution in [0.15, 0.2) is 34.9 Å². The van der Waals surface area contributed by atoms with Crippen LogP contribution in [0.2, 0.25) is 0 Å². The molecule has 0 spiro atoms. The molecule has 1 N–H and O–H groups in total. The van der Waals surface area contributed by atoms with Crippen molar-refractivity contribution in [2.24, 2.45) is 0 Å². The number of aryl methyl sites for hydroxylation is 2. The SMILES string of the molecule is CCCc1noc(CCCC(=O)NCCOc2ccccc2)n1. The fourth-order valence-electron chi connectivity index (χ4n) is 2.08. The Labute approximate surface area is 136 Å². The minimum Gasteiger partial charge on any atom is -0.492 e. The van der Waals surface area contributed by atoms with Crippen LogP contribution >= 0.6 is 0 Å². The number of nitrogens with one attached hydrogen (secondary N) is 1. The second-order valence-corrected chi connectivity index (χ2v) is 5.22. The molecule has 6 nitrogen and oxygen atoms in total. The van der Waals surface area contributed by atoms with Gasteiger partial charge >= 0.3 is 0 Å². The van der Waals surface area contributed by atoms with Gasteiger partial charge in [0, 0.05) is 19.3 Å². The molecular formula is C17H23N3O3. The van der Waals surface area contributed by atoms with Gasteiger partial charge in [0.05, 0.1) is 6.54 Å². The first-order valence-electron chi connectivity index (χ1n) is 8.04. The van der Waals surface area contributed by atoms with Crippen LogP contribution in [0.4, 0.5) is 0 Å². The van der Waals surface area contributed by atoms with Crippen LogP contribution in [-0.2, 0) is 17.6 Å². The molecule has 0 fully saturated rings. The maximum Gasteiger partial charge on any atom is 0.226 e. The lowest BCUT2D eigenvalue weighted by Gasteiger charge is -2.07. The Kier molecular flexibility index (Phi) is 7.10. The van der Waals surface area contributed by atoms with E-state index in [-0.39, 0.29) is 5.91 Å². The van der Waals surface area contributed by atoms with Crippen molar-refractivity contribution in [2.75, 3.05) is 13.2 Å². The van der Waals surface area contributed by atoms with E-state index in [4.69, 9.17) is 9.26 Å². The molecule has 2 rings (SSSR count). The molecule has 0 saturated heterocycles. The Morgan fingerprint density at radius 1 is 1.26 bits per heavy atom. The lowest BCUT2D eigenvalue weighted by atomic mass is 10.2. The zero-order valence-corrected chi connectivity index (χ0v) is 13.5. The third-order valence-corrected chi connectivity index (χ3v) is 3.21. The Balaban J connectivity index is 1.54. The molecule has 1 aromatic carbocycles. The molecule has 0 aliphatic rings. The topological polar surface area (TPSA) is 77.2 Å². The van der Waals surface area contributed by atoms with Gasteiger partial charge in [-0.1, -0.05) is 30.3 Å². The Morgan fingerprint density at radius 2 is 2.09 bits per heavy atom. The standard InChI is InChI=1S/C17H23N3O3/c1-2-7-15-19-17(23-20-15)11-6-10-16(21)18-12-13-22-14-8-4-3-5-9-14/h3-5,8-9H,2,6-7,10-13H2,1H3,(H,18,21). The van der Waals surface area contributed by atoms with E-state index in [0.29, 0.717) is 38.3 Å². The smallest absolute Gasteiger partial charge is 0.226 e. The second kappa shape index (κ2) is 9.61. The maximum atomic E-state index is 11.7. The summed E-state index contributed by atoms with van der Waals surface area (Å²) < 4.78 is 10.6. The minimum atomic E-state index is 0.00922. The lowest BCUT2D eigenvalue weighted by Crippen LogP contribution is -2.27. The summed E-state index contributed by atoms with van der Waals surface area (Å²) >= 11 is 0. The van der Waals surface area contributed by atoms with E-state index in [1.807, 2.05) is 30.3 Å². The highest BCUT2D eigenvalue weighted by Gasteiger charge is 2.07. The molecule has 1 amide bonds. The van der Waals surface area contributed by atoms with Crippen LogP contribution in [0.1, 0.15) is 37.9 Å². The van der Waals surface area contributed by atoms with Crippen LogP contribution in [0.5, 0.6) is 5.75 Å². The predicted octanol–water partition coefficient (Wildman–Crippen LogP) is 2.54. The molecule has 0 radical (unpaired) electrons. The zero-order chi connectivity index (χ0) is 16.3. The molecule has 0 atom stereocenters. The Bertz CT molecular complexity index is 584. The molecule has 124 valence electrons. The largest absolute Gasteiger partial charge is 0.492 e. The molecule has 23 heavy (non-hydrogen) atoms. The first-order valence-corrected chi connectivity index (χ1v) is 8.04. The summed E-state index contributed by atoms with van der Waals surface area (Å²) in [4.78, 5) is 16.0. The molecule has 0 unspecified atom stereocenters. The normalized spacial score (nSPS) is 10.5. The van der Waals surface area contributed by atoms with E-state index in [9.17, 15) is 4.79 Å². The molecule has 0 bridgehead atoms. The first-order chi connectivity index (χ1) is 11.3. The van der Waals surface area contributed by atoms with Crippen molar-refractivity contribution in [3.05, 3.63) is 42.0 Å². The highest BCUT2D eigenvalue weighted by Crippen LogP contribution is 2.07.